The fourth-order valence-corrected chi connectivity index (χ4v) is 6.31. The molecule has 3 atom stereocenters. The average Bonchev–Trinajstić information content (AvgIpc) is 3.40. The number of nitrogens with zero attached hydrogens (tertiary/aromatic N) is 1. The number of esters is 1. The molecule has 4 aromatic rings. The Hall–Kier alpha value is -4.91. The van der Waals surface area contributed by atoms with E-state index in [-0.39, 0.29) is 49.4 Å². The molecule has 0 heterocycles. The molecule has 5 rings (SSSR count). The topological polar surface area (TPSA) is 93.1 Å². The van der Waals surface area contributed by atoms with Gasteiger partial charge in [-0.25, -0.2) is 4.79 Å². The quantitative estimate of drug-likeness (QED) is 0.155. The maximum absolute atomic E-state index is 14.0. The molecular formula is C39H41NO6. The first-order valence-electron chi connectivity index (χ1n) is 15.9. The molecule has 0 aromatic heterocycles. The van der Waals surface area contributed by atoms with E-state index in [4.69, 9.17) is 9.47 Å². The summed E-state index contributed by atoms with van der Waals surface area (Å²) in [5, 5.41) is 9.74. The molecule has 0 spiro atoms. The fourth-order valence-electron chi connectivity index (χ4n) is 6.31. The molecule has 1 N–H and O–H groups in total. The lowest BCUT2D eigenvalue weighted by Crippen LogP contribution is -2.47. The molecule has 0 unspecified atom stereocenters. The Kier molecular flexibility index (Phi) is 10.5. The van der Waals surface area contributed by atoms with Gasteiger partial charge < -0.3 is 19.5 Å². The summed E-state index contributed by atoms with van der Waals surface area (Å²) in [6.45, 7) is 4.14. The van der Waals surface area contributed by atoms with Crippen molar-refractivity contribution in [3.05, 3.63) is 125 Å². The van der Waals surface area contributed by atoms with Gasteiger partial charge in [-0.05, 0) is 57.9 Å². The Morgan fingerprint density at radius 3 is 1.98 bits per heavy atom. The number of benzene rings is 4. The van der Waals surface area contributed by atoms with Crippen molar-refractivity contribution in [2.75, 3.05) is 13.7 Å². The number of carbonyl (C=O) groups is 3. The molecule has 0 radical (unpaired) electrons. The van der Waals surface area contributed by atoms with E-state index in [0.29, 0.717) is 6.42 Å². The molecule has 0 saturated carbocycles. The lowest BCUT2D eigenvalue weighted by Gasteiger charge is -2.32. The summed E-state index contributed by atoms with van der Waals surface area (Å²) in [5.74, 6) is -1.65. The van der Waals surface area contributed by atoms with Gasteiger partial charge in [0, 0.05) is 19.4 Å². The van der Waals surface area contributed by atoms with E-state index in [2.05, 4.69) is 24.3 Å². The monoisotopic (exact) mass is 619 g/mol. The molecule has 46 heavy (non-hydrogen) atoms. The van der Waals surface area contributed by atoms with Gasteiger partial charge in [0.25, 0.3) is 0 Å². The molecular weight excluding hydrogens is 578 g/mol. The predicted octanol–water partition coefficient (Wildman–Crippen LogP) is 7.55. The second-order valence-corrected chi connectivity index (χ2v) is 12.1. The van der Waals surface area contributed by atoms with E-state index in [1.165, 1.54) is 4.90 Å². The van der Waals surface area contributed by atoms with Crippen molar-refractivity contribution in [1.82, 2.24) is 4.90 Å². The zero-order valence-corrected chi connectivity index (χ0v) is 26.6. The summed E-state index contributed by atoms with van der Waals surface area (Å²) >= 11 is 0. The molecule has 0 aliphatic heterocycles. The van der Waals surface area contributed by atoms with Gasteiger partial charge in [0.05, 0.1) is 12.0 Å². The number of likely N-dealkylation sites (N-methyl/N-ethyl adjacent to an activating group) is 1. The van der Waals surface area contributed by atoms with Crippen LogP contribution in [0.2, 0.25) is 0 Å². The fraction of sp³-hybridized carbons (Fsp3) is 0.308. The first kappa shape index (κ1) is 32.5. The SMILES string of the molecule is CC[C@H](C)[C@@H](C(=O)C[C@H](Cc1ccc(O)cc1)C(=O)OCc1ccccc1)N(C)C(=O)OCC1c2ccccc2-c2ccccc21. The van der Waals surface area contributed by atoms with Gasteiger partial charge in [0.1, 0.15) is 19.0 Å². The number of aromatic hydroxyl groups is 1. The number of rotatable bonds is 13. The molecule has 7 heteroatoms. The number of hydrogen-bond acceptors (Lipinski definition) is 6. The van der Waals surface area contributed by atoms with E-state index in [1.54, 1.807) is 31.3 Å². The van der Waals surface area contributed by atoms with E-state index < -0.39 is 24.0 Å². The first-order valence-corrected chi connectivity index (χ1v) is 15.9. The Morgan fingerprint density at radius 2 is 1.37 bits per heavy atom. The maximum atomic E-state index is 14.0. The van der Waals surface area contributed by atoms with Crippen molar-refractivity contribution >= 4 is 17.8 Å². The highest BCUT2D eigenvalue weighted by atomic mass is 16.6. The van der Waals surface area contributed by atoms with Gasteiger partial charge in [-0.2, -0.15) is 0 Å². The second kappa shape index (κ2) is 14.9. The van der Waals surface area contributed by atoms with Crippen LogP contribution < -0.4 is 0 Å². The summed E-state index contributed by atoms with van der Waals surface area (Å²) < 4.78 is 11.6. The summed E-state index contributed by atoms with van der Waals surface area (Å²) in [7, 11) is 1.59. The van der Waals surface area contributed by atoms with Crippen LogP contribution in [0.1, 0.15) is 54.9 Å². The molecule has 1 amide bonds. The smallest absolute Gasteiger partial charge is 0.410 e. The average molecular weight is 620 g/mol. The van der Waals surface area contributed by atoms with Gasteiger partial charge in [-0.3, -0.25) is 9.59 Å². The minimum absolute atomic E-state index is 0.0917. The molecule has 0 bridgehead atoms. The molecule has 1 aliphatic rings. The Labute approximate surface area is 270 Å². The van der Waals surface area contributed by atoms with Crippen LogP contribution in [0, 0.1) is 11.8 Å². The van der Waals surface area contributed by atoms with Crippen LogP contribution in [0.3, 0.4) is 0 Å². The van der Waals surface area contributed by atoms with E-state index in [9.17, 15) is 19.5 Å². The van der Waals surface area contributed by atoms with Crippen molar-refractivity contribution < 1.29 is 29.0 Å². The first-order chi connectivity index (χ1) is 22.3. The van der Waals surface area contributed by atoms with Gasteiger partial charge in [0.15, 0.2) is 5.78 Å². The Balaban J connectivity index is 1.30. The van der Waals surface area contributed by atoms with Gasteiger partial charge in [-0.1, -0.05) is 111 Å². The van der Waals surface area contributed by atoms with Gasteiger partial charge in [-0.15, -0.1) is 0 Å². The molecule has 7 nitrogen and oxygen atoms in total. The van der Waals surface area contributed by atoms with Crippen LogP contribution in [0.15, 0.2) is 103 Å². The van der Waals surface area contributed by atoms with Crippen LogP contribution in [0.4, 0.5) is 4.79 Å². The molecule has 1 aliphatic carbocycles. The lowest BCUT2D eigenvalue weighted by molar-refractivity contribution is -0.151. The third-order valence-corrected chi connectivity index (χ3v) is 8.98. The van der Waals surface area contributed by atoms with Crippen LogP contribution in [0.5, 0.6) is 5.75 Å². The Bertz CT molecular complexity index is 1610. The van der Waals surface area contributed by atoms with E-state index in [1.807, 2.05) is 68.4 Å². The third-order valence-electron chi connectivity index (χ3n) is 8.98. The van der Waals surface area contributed by atoms with Gasteiger partial charge >= 0.3 is 12.1 Å². The number of Topliss-reactive ketones (excluding diaryl/α,β-unsaturated/α-hetero) is 1. The highest BCUT2D eigenvalue weighted by molar-refractivity contribution is 5.91. The number of amides is 1. The summed E-state index contributed by atoms with van der Waals surface area (Å²) in [5.41, 5.74) is 6.13. The standard InChI is InChI=1S/C39H41NO6/c1-4-26(2)37(40(3)39(44)46-25-35-33-16-10-8-14-31(33)32-15-9-11-17-34(32)35)36(42)23-29(22-27-18-20-30(41)21-19-27)38(43)45-24-28-12-6-5-7-13-28/h5-21,26,29,35,37,41H,4,22-25H2,1-3H3/t26-,29-,37-/m0/s1. The van der Waals surface area contributed by atoms with Crippen LogP contribution in [-0.4, -0.2) is 47.5 Å². The van der Waals surface area contributed by atoms with Crippen molar-refractivity contribution in [3.63, 3.8) is 0 Å². The highest BCUT2D eigenvalue weighted by Crippen LogP contribution is 2.44. The normalized spacial score (nSPS) is 14.0. The number of hydrogen-bond donors (Lipinski definition) is 1. The van der Waals surface area contributed by atoms with Crippen molar-refractivity contribution in [2.45, 2.75) is 51.7 Å². The minimum atomic E-state index is -0.787. The lowest BCUT2D eigenvalue weighted by atomic mass is 9.87. The maximum Gasteiger partial charge on any atom is 0.410 e. The van der Waals surface area contributed by atoms with E-state index >= 15 is 0 Å². The zero-order chi connectivity index (χ0) is 32.6. The predicted molar refractivity (Wildman–Crippen MR) is 177 cm³/mol. The van der Waals surface area contributed by atoms with Crippen molar-refractivity contribution in [1.29, 1.82) is 0 Å². The number of phenolic OH excluding ortho intramolecular Hbond substituents is 1. The van der Waals surface area contributed by atoms with Crippen LogP contribution >= 0.6 is 0 Å². The zero-order valence-electron chi connectivity index (χ0n) is 26.6. The van der Waals surface area contributed by atoms with Crippen LogP contribution in [0.25, 0.3) is 11.1 Å². The summed E-state index contributed by atoms with van der Waals surface area (Å²) in [4.78, 5) is 42.3. The number of ketones is 1. The van der Waals surface area contributed by atoms with Gasteiger partial charge in [0.2, 0.25) is 0 Å². The number of ether oxygens (including phenoxy) is 2. The van der Waals surface area contributed by atoms with E-state index in [0.717, 1.165) is 33.4 Å². The summed E-state index contributed by atoms with van der Waals surface area (Å²) in [6, 6.07) is 31.4. The molecule has 0 fully saturated rings. The number of carbonyl (C=O) groups excluding carboxylic acids is 3. The summed E-state index contributed by atoms with van der Waals surface area (Å²) in [6.07, 6.45) is 0.215. The van der Waals surface area contributed by atoms with Crippen LogP contribution in [-0.2, 0) is 32.1 Å². The minimum Gasteiger partial charge on any atom is -0.508 e. The number of phenols is 1. The Morgan fingerprint density at radius 1 is 0.783 bits per heavy atom. The van der Waals surface area contributed by atoms with Crippen molar-refractivity contribution in [2.24, 2.45) is 11.8 Å². The number of fused-ring (bicyclic) bond motifs is 3. The highest BCUT2D eigenvalue weighted by Gasteiger charge is 2.36. The third kappa shape index (κ3) is 7.48. The largest absolute Gasteiger partial charge is 0.508 e. The molecule has 238 valence electrons. The second-order valence-electron chi connectivity index (χ2n) is 12.1. The molecule has 0 saturated heterocycles. The molecule has 4 aromatic carbocycles. The van der Waals surface area contributed by atoms with Crippen molar-refractivity contribution in [3.8, 4) is 16.9 Å².